The van der Waals surface area contributed by atoms with Crippen LogP contribution in [0.15, 0.2) is 46.5 Å². The molecule has 0 aliphatic rings. The summed E-state index contributed by atoms with van der Waals surface area (Å²) in [5.74, 6) is -0.297. The number of rotatable bonds is 5. The lowest BCUT2D eigenvalue weighted by atomic mass is 10.3. The SMILES string of the molecule is CN(C)c1ccc(NC(=O)C(=O)NCc2coc(-c3cccs3)n2)cn1. The average Bonchev–Trinajstić information content (AvgIpc) is 3.31. The molecule has 2 N–H and O–H groups in total. The van der Waals surface area contributed by atoms with Gasteiger partial charge in [0.1, 0.15) is 12.1 Å². The molecule has 9 heteroatoms. The molecule has 0 bridgehead atoms. The highest BCUT2D eigenvalue weighted by Gasteiger charge is 2.15. The number of anilines is 2. The fraction of sp³-hybridized carbons (Fsp3) is 0.176. The van der Waals surface area contributed by atoms with E-state index < -0.39 is 11.8 Å². The summed E-state index contributed by atoms with van der Waals surface area (Å²) < 4.78 is 5.36. The van der Waals surface area contributed by atoms with Gasteiger partial charge in [-0.1, -0.05) is 6.07 Å². The minimum atomic E-state index is -0.772. The second-order valence-electron chi connectivity index (χ2n) is 5.56. The van der Waals surface area contributed by atoms with E-state index in [1.54, 1.807) is 12.1 Å². The van der Waals surface area contributed by atoms with Crippen molar-refractivity contribution in [1.82, 2.24) is 15.3 Å². The lowest BCUT2D eigenvalue weighted by Crippen LogP contribution is -2.35. The molecule has 0 unspecified atom stereocenters. The van der Waals surface area contributed by atoms with Crippen molar-refractivity contribution in [1.29, 1.82) is 0 Å². The summed E-state index contributed by atoms with van der Waals surface area (Å²) in [6, 6.07) is 7.21. The van der Waals surface area contributed by atoms with Crippen molar-refractivity contribution in [3.8, 4) is 10.8 Å². The van der Waals surface area contributed by atoms with Crippen molar-refractivity contribution >= 4 is 34.7 Å². The highest BCUT2D eigenvalue weighted by Crippen LogP contribution is 2.23. The third kappa shape index (κ3) is 4.25. The minimum absolute atomic E-state index is 0.0962. The van der Waals surface area contributed by atoms with Crippen LogP contribution in [0.1, 0.15) is 5.69 Å². The van der Waals surface area contributed by atoms with E-state index >= 15 is 0 Å². The molecule has 2 amide bonds. The smallest absolute Gasteiger partial charge is 0.313 e. The summed E-state index contributed by atoms with van der Waals surface area (Å²) in [6.45, 7) is 0.0962. The van der Waals surface area contributed by atoms with Gasteiger partial charge in [0.2, 0.25) is 5.89 Å². The number of oxazole rings is 1. The van der Waals surface area contributed by atoms with Crippen molar-refractivity contribution in [2.24, 2.45) is 0 Å². The Kier molecular flexibility index (Phi) is 5.28. The Balaban J connectivity index is 1.52. The summed E-state index contributed by atoms with van der Waals surface area (Å²) in [7, 11) is 3.73. The first-order valence-electron chi connectivity index (χ1n) is 7.74. The molecule has 0 atom stereocenters. The quantitative estimate of drug-likeness (QED) is 0.667. The number of nitrogens with zero attached hydrogens (tertiary/aromatic N) is 3. The lowest BCUT2D eigenvalue weighted by Gasteiger charge is -2.11. The van der Waals surface area contributed by atoms with Crippen LogP contribution in [0.5, 0.6) is 0 Å². The second kappa shape index (κ2) is 7.79. The Morgan fingerprint density at radius 3 is 2.73 bits per heavy atom. The largest absolute Gasteiger partial charge is 0.443 e. The van der Waals surface area contributed by atoms with Crippen LogP contribution in [0.25, 0.3) is 10.8 Å². The van der Waals surface area contributed by atoms with Crippen LogP contribution in [0, 0.1) is 0 Å². The molecule has 0 saturated heterocycles. The predicted octanol–water partition coefficient (Wildman–Crippen LogP) is 2.12. The Morgan fingerprint density at radius 2 is 2.08 bits per heavy atom. The molecule has 134 valence electrons. The number of pyridine rings is 1. The van der Waals surface area contributed by atoms with Crippen LogP contribution >= 0.6 is 11.3 Å². The Morgan fingerprint density at radius 1 is 1.23 bits per heavy atom. The van der Waals surface area contributed by atoms with E-state index in [4.69, 9.17) is 4.42 Å². The Hall–Kier alpha value is -3.20. The molecule has 26 heavy (non-hydrogen) atoms. The van der Waals surface area contributed by atoms with E-state index in [1.165, 1.54) is 23.8 Å². The maximum absolute atomic E-state index is 11.9. The van der Waals surface area contributed by atoms with Crippen molar-refractivity contribution in [2.75, 3.05) is 24.3 Å². The molecular weight excluding hydrogens is 354 g/mol. The van der Waals surface area contributed by atoms with Gasteiger partial charge in [-0.25, -0.2) is 9.97 Å². The molecule has 3 aromatic rings. The van der Waals surface area contributed by atoms with Gasteiger partial charge in [-0.05, 0) is 23.6 Å². The second-order valence-corrected chi connectivity index (χ2v) is 6.51. The minimum Gasteiger partial charge on any atom is -0.443 e. The third-order valence-corrected chi connectivity index (χ3v) is 4.24. The molecule has 0 spiro atoms. The van der Waals surface area contributed by atoms with Gasteiger partial charge in [-0.2, -0.15) is 0 Å². The van der Waals surface area contributed by atoms with Crippen molar-refractivity contribution in [2.45, 2.75) is 6.54 Å². The van der Waals surface area contributed by atoms with Crippen LogP contribution in [0.4, 0.5) is 11.5 Å². The zero-order valence-electron chi connectivity index (χ0n) is 14.2. The Labute approximate surface area is 153 Å². The monoisotopic (exact) mass is 371 g/mol. The van der Waals surface area contributed by atoms with Crippen LogP contribution in [0.3, 0.4) is 0 Å². The first-order valence-corrected chi connectivity index (χ1v) is 8.62. The van der Waals surface area contributed by atoms with E-state index in [0.717, 1.165) is 10.7 Å². The average molecular weight is 371 g/mol. The predicted molar refractivity (Wildman–Crippen MR) is 98.9 cm³/mol. The first kappa shape index (κ1) is 17.6. The van der Waals surface area contributed by atoms with E-state index in [9.17, 15) is 9.59 Å². The Bertz CT molecular complexity index is 888. The lowest BCUT2D eigenvalue weighted by molar-refractivity contribution is -0.136. The van der Waals surface area contributed by atoms with Gasteiger partial charge in [0.05, 0.1) is 29.0 Å². The molecule has 0 saturated carbocycles. The van der Waals surface area contributed by atoms with E-state index in [0.29, 0.717) is 17.3 Å². The van der Waals surface area contributed by atoms with Crippen LogP contribution in [-0.4, -0.2) is 35.9 Å². The molecular formula is C17H17N5O3S. The van der Waals surface area contributed by atoms with E-state index in [-0.39, 0.29) is 6.54 Å². The fourth-order valence-electron chi connectivity index (χ4n) is 2.07. The van der Waals surface area contributed by atoms with Crippen LogP contribution < -0.4 is 15.5 Å². The zero-order chi connectivity index (χ0) is 18.5. The van der Waals surface area contributed by atoms with Crippen molar-refractivity contribution in [3.63, 3.8) is 0 Å². The zero-order valence-corrected chi connectivity index (χ0v) is 15.0. The van der Waals surface area contributed by atoms with E-state index in [1.807, 2.05) is 36.5 Å². The number of thiophene rings is 1. The molecule has 0 aromatic carbocycles. The summed E-state index contributed by atoms with van der Waals surface area (Å²) in [5, 5.41) is 6.93. The summed E-state index contributed by atoms with van der Waals surface area (Å²) in [6.07, 6.45) is 2.95. The first-order chi connectivity index (χ1) is 12.5. The molecule has 0 aliphatic carbocycles. The molecule has 0 fully saturated rings. The maximum atomic E-state index is 11.9. The number of nitrogens with one attached hydrogen (secondary N) is 2. The summed E-state index contributed by atoms with van der Waals surface area (Å²) >= 11 is 1.51. The third-order valence-electron chi connectivity index (χ3n) is 3.38. The highest BCUT2D eigenvalue weighted by atomic mass is 32.1. The summed E-state index contributed by atoms with van der Waals surface area (Å²) in [5.41, 5.74) is 0.976. The fourth-order valence-corrected chi connectivity index (χ4v) is 2.72. The van der Waals surface area contributed by atoms with Gasteiger partial charge in [0.15, 0.2) is 0 Å². The molecule has 3 aromatic heterocycles. The molecule has 0 aliphatic heterocycles. The molecule has 0 radical (unpaired) electrons. The number of carbonyl (C=O) groups is 2. The van der Waals surface area contributed by atoms with Gasteiger partial charge < -0.3 is 20.0 Å². The number of carbonyl (C=O) groups excluding carboxylic acids is 2. The number of aromatic nitrogens is 2. The standard InChI is InChI=1S/C17H17N5O3S/c1-22(2)14-6-5-11(8-18-14)20-16(24)15(23)19-9-12-10-25-17(21-12)13-4-3-7-26-13/h3-8,10H,9H2,1-2H3,(H,19,23)(H,20,24). The highest BCUT2D eigenvalue weighted by molar-refractivity contribution is 7.13. The molecule has 3 heterocycles. The molecule has 8 nitrogen and oxygen atoms in total. The van der Waals surface area contributed by atoms with Gasteiger partial charge in [-0.15, -0.1) is 11.3 Å². The summed E-state index contributed by atoms with van der Waals surface area (Å²) in [4.78, 5) is 35.0. The van der Waals surface area contributed by atoms with Crippen LogP contribution in [-0.2, 0) is 16.1 Å². The van der Waals surface area contributed by atoms with Crippen molar-refractivity contribution in [3.05, 3.63) is 47.8 Å². The topological polar surface area (TPSA) is 100 Å². The van der Waals surface area contributed by atoms with E-state index in [2.05, 4.69) is 20.6 Å². The van der Waals surface area contributed by atoms with Gasteiger partial charge in [-0.3, -0.25) is 9.59 Å². The van der Waals surface area contributed by atoms with Crippen LogP contribution in [0.2, 0.25) is 0 Å². The number of amides is 2. The van der Waals surface area contributed by atoms with Crippen molar-refractivity contribution < 1.29 is 14.0 Å². The number of hydrogen-bond acceptors (Lipinski definition) is 7. The van der Waals surface area contributed by atoms with Gasteiger partial charge in [0, 0.05) is 14.1 Å². The maximum Gasteiger partial charge on any atom is 0.313 e. The number of hydrogen-bond donors (Lipinski definition) is 2. The molecule has 3 rings (SSSR count). The van der Waals surface area contributed by atoms with Gasteiger partial charge in [0.25, 0.3) is 0 Å². The van der Waals surface area contributed by atoms with Gasteiger partial charge >= 0.3 is 11.8 Å². The normalized spacial score (nSPS) is 10.4.